The third-order valence-electron chi connectivity index (χ3n) is 4.47. The number of hydrogen-bond donors (Lipinski definition) is 0. The zero-order valence-electron chi connectivity index (χ0n) is 13.1. The highest BCUT2D eigenvalue weighted by Crippen LogP contribution is 2.35. The Morgan fingerprint density at radius 2 is 1.85 bits per heavy atom. The smallest absolute Gasteiger partial charge is 0.0132 e. The predicted octanol–water partition coefficient (Wildman–Crippen LogP) is 4.34. The fourth-order valence-corrected chi connectivity index (χ4v) is 4.88. The van der Waals surface area contributed by atoms with Crippen LogP contribution in [0, 0.1) is 18.7 Å². The van der Waals surface area contributed by atoms with Crippen molar-refractivity contribution in [2.75, 3.05) is 0 Å². The number of benzene rings is 1. The van der Waals surface area contributed by atoms with Gasteiger partial charge in [0.05, 0.1) is 0 Å². The number of aryl methyl sites for hydroxylation is 1. The van der Waals surface area contributed by atoms with Crippen LogP contribution in [0.15, 0.2) is 35.4 Å². The molecule has 0 nitrogen and oxygen atoms in total. The molecule has 102 valence electrons. The van der Waals surface area contributed by atoms with E-state index in [4.69, 9.17) is 0 Å². The van der Waals surface area contributed by atoms with E-state index < -0.39 is 8.41 Å². The average molecular weight is 278 g/mol. The van der Waals surface area contributed by atoms with Crippen molar-refractivity contribution >= 4 is 20.1 Å². The normalized spacial score (nSPS) is 16.4. The minimum absolute atomic E-state index is 0.420. The number of hydrogen-bond acceptors (Lipinski definition) is 0. The number of allylic oxidation sites excluding steroid dienone is 6. The standard InChI is InChI=1S/C19H22Si/c1-12-11-17(20(4)5)14(3)19-16(12)10-13(2)18(19)15-8-6-7-9-15/h6-8,10-11H,9H2,1-5H3. The monoisotopic (exact) mass is 278 g/mol. The molecule has 2 aliphatic carbocycles. The minimum Gasteiger partial charge on any atom is -0.0801 e. The zero-order valence-corrected chi connectivity index (χ0v) is 14.1. The van der Waals surface area contributed by atoms with Crippen LogP contribution in [0.3, 0.4) is 0 Å². The third-order valence-corrected chi connectivity index (χ3v) is 6.07. The van der Waals surface area contributed by atoms with Gasteiger partial charge in [0.2, 0.25) is 0 Å². The fourth-order valence-electron chi connectivity index (χ4n) is 3.50. The van der Waals surface area contributed by atoms with Crippen LogP contribution < -0.4 is 5.22 Å². The SMILES string of the molecule is CC1=C(C2=CC=CC2)c2c(C)c(=[Si](C)C)cc(C)c2=C1. The van der Waals surface area contributed by atoms with Gasteiger partial charge in [-0.15, -0.1) is 0 Å². The van der Waals surface area contributed by atoms with Crippen molar-refractivity contribution in [3.05, 3.63) is 62.2 Å². The van der Waals surface area contributed by atoms with Crippen LogP contribution in [-0.2, 0) is 0 Å². The van der Waals surface area contributed by atoms with Gasteiger partial charge in [0.15, 0.2) is 0 Å². The van der Waals surface area contributed by atoms with E-state index in [1.807, 2.05) is 0 Å². The molecule has 20 heavy (non-hydrogen) atoms. The average Bonchev–Trinajstić information content (AvgIpc) is 3.00. The molecule has 0 amide bonds. The van der Waals surface area contributed by atoms with Crippen molar-refractivity contribution in [2.24, 2.45) is 0 Å². The summed E-state index contributed by atoms with van der Waals surface area (Å²) in [6.45, 7) is 11.6. The van der Waals surface area contributed by atoms with Crippen molar-refractivity contribution in [1.29, 1.82) is 0 Å². The molecule has 1 aromatic carbocycles. The Kier molecular flexibility index (Phi) is 3.25. The molecular weight excluding hydrogens is 256 g/mol. The second kappa shape index (κ2) is 4.82. The highest BCUT2D eigenvalue weighted by atomic mass is 28.2. The Labute approximate surface area is 123 Å². The maximum Gasteiger partial charge on any atom is 0.0132 e. The maximum atomic E-state index is 2.43. The summed E-state index contributed by atoms with van der Waals surface area (Å²) >= 11 is 0. The summed E-state index contributed by atoms with van der Waals surface area (Å²) in [5.74, 6) is 0. The lowest BCUT2D eigenvalue weighted by molar-refractivity contribution is 1.27. The lowest BCUT2D eigenvalue weighted by Crippen LogP contribution is -2.13. The largest absolute Gasteiger partial charge is 0.0801 e. The summed E-state index contributed by atoms with van der Waals surface area (Å²) in [4.78, 5) is 1.60. The molecule has 3 rings (SSSR count). The first kappa shape index (κ1) is 13.5. The molecule has 0 atom stereocenters. The van der Waals surface area contributed by atoms with Crippen LogP contribution in [0.25, 0.3) is 11.6 Å². The summed E-state index contributed by atoms with van der Waals surface area (Å²) < 4.78 is 0. The minimum atomic E-state index is -0.420. The van der Waals surface area contributed by atoms with Crippen LogP contribution in [0.4, 0.5) is 0 Å². The number of rotatable bonds is 1. The Bertz CT molecular complexity index is 810. The summed E-state index contributed by atoms with van der Waals surface area (Å²) in [6.07, 6.45) is 10.2. The molecule has 0 saturated heterocycles. The van der Waals surface area contributed by atoms with Crippen molar-refractivity contribution < 1.29 is 0 Å². The van der Waals surface area contributed by atoms with Crippen molar-refractivity contribution in [3.63, 3.8) is 0 Å². The highest BCUT2D eigenvalue weighted by molar-refractivity contribution is 6.47. The van der Waals surface area contributed by atoms with Crippen LogP contribution in [0.2, 0.25) is 13.1 Å². The first-order chi connectivity index (χ1) is 9.50. The van der Waals surface area contributed by atoms with Gasteiger partial charge in [-0.1, -0.05) is 43.5 Å². The van der Waals surface area contributed by atoms with E-state index in [9.17, 15) is 0 Å². The van der Waals surface area contributed by atoms with E-state index in [1.54, 1.807) is 4.81 Å². The number of fused-ring (bicyclic) bond motifs is 1. The molecule has 0 aromatic heterocycles. The molecule has 0 saturated carbocycles. The van der Waals surface area contributed by atoms with E-state index in [0.717, 1.165) is 6.42 Å². The van der Waals surface area contributed by atoms with Gasteiger partial charge >= 0.3 is 0 Å². The Morgan fingerprint density at radius 1 is 1.10 bits per heavy atom. The summed E-state index contributed by atoms with van der Waals surface area (Å²) in [6, 6.07) is 2.43. The quantitative estimate of drug-likeness (QED) is 0.670. The maximum absolute atomic E-state index is 2.43. The van der Waals surface area contributed by atoms with E-state index in [2.05, 4.69) is 64.2 Å². The van der Waals surface area contributed by atoms with E-state index in [0.29, 0.717) is 0 Å². The van der Waals surface area contributed by atoms with Gasteiger partial charge in [0.25, 0.3) is 0 Å². The van der Waals surface area contributed by atoms with Gasteiger partial charge in [-0.3, -0.25) is 0 Å². The van der Waals surface area contributed by atoms with E-state index in [1.165, 1.54) is 38.6 Å². The molecule has 0 aliphatic heterocycles. The molecule has 0 heterocycles. The second-order valence-electron chi connectivity index (χ2n) is 6.18. The fraction of sp³-hybridized carbons (Fsp3) is 0.316. The van der Waals surface area contributed by atoms with Gasteiger partial charge in [0, 0.05) is 8.41 Å². The molecule has 0 unspecified atom stereocenters. The summed E-state index contributed by atoms with van der Waals surface area (Å²) in [7, 11) is -0.420. The molecular formula is C19H22Si. The van der Waals surface area contributed by atoms with Gasteiger partial charge < -0.3 is 0 Å². The zero-order chi connectivity index (χ0) is 14.4. The molecule has 0 radical (unpaired) electrons. The molecule has 0 fully saturated rings. The van der Waals surface area contributed by atoms with Crippen LogP contribution in [-0.4, -0.2) is 8.41 Å². The molecule has 1 heteroatoms. The molecule has 2 aliphatic rings. The summed E-state index contributed by atoms with van der Waals surface area (Å²) in [5, 5.41) is 1.45. The highest BCUT2D eigenvalue weighted by Gasteiger charge is 2.20. The Morgan fingerprint density at radius 3 is 2.45 bits per heavy atom. The van der Waals surface area contributed by atoms with Gasteiger partial charge in [-0.05, 0) is 70.6 Å². The van der Waals surface area contributed by atoms with Crippen molar-refractivity contribution in [1.82, 2.24) is 0 Å². The van der Waals surface area contributed by atoms with Crippen molar-refractivity contribution in [2.45, 2.75) is 40.3 Å². The predicted molar refractivity (Wildman–Crippen MR) is 90.8 cm³/mol. The van der Waals surface area contributed by atoms with Crippen LogP contribution in [0.5, 0.6) is 0 Å². The van der Waals surface area contributed by atoms with Gasteiger partial charge in [-0.25, -0.2) is 0 Å². The molecule has 1 aromatic rings. The molecule has 0 bridgehead atoms. The molecule has 0 N–H and O–H groups in total. The lowest BCUT2D eigenvalue weighted by Gasteiger charge is -2.14. The Hall–Kier alpha value is -1.47. The first-order valence-corrected chi connectivity index (χ1v) is 9.87. The third kappa shape index (κ3) is 1.92. The second-order valence-corrected chi connectivity index (χ2v) is 8.72. The van der Waals surface area contributed by atoms with Crippen LogP contribution in [0.1, 0.15) is 30.0 Å². The van der Waals surface area contributed by atoms with Gasteiger partial charge in [-0.2, -0.15) is 0 Å². The topological polar surface area (TPSA) is 0 Å². The molecule has 0 spiro atoms. The van der Waals surface area contributed by atoms with Crippen LogP contribution >= 0.6 is 0 Å². The van der Waals surface area contributed by atoms with Gasteiger partial charge in [0.1, 0.15) is 0 Å². The van der Waals surface area contributed by atoms with Crippen molar-refractivity contribution in [3.8, 4) is 0 Å². The summed E-state index contributed by atoms with van der Waals surface area (Å²) in [5.41, 5.74) is 8.87. The van der Waals surface area contributed by atoms with E-state index >= 15 is 0 Å². The first-order valence-electron chi connectivity index (χ1n) is 7.37. The van der Waals surface area contributed by atoms with E-state index in [-0.39, 0.29) is 0 Å². The Balaban J connectivity index is 2.37. The lowest BCUT2D eigenvalue weighted by atomic mass is 9.92.